The quantitative estimate of drug-likeness (QED) is 0.843. The van der Waals surface area contributed by atoms with Gasteiger partial charge in [0.1, 0.15) is 6.61 Å². The number of ether oxygens (including phenoxy) is 2. The highest BCUT2D eigenvalue weighted by molar-refractivity contribution is 9.11. The second-order valence-corrected chi connectivity index (χ2v) is 6.44. The third-order valence-corrected chi connectivity index (χ3v) is 4.09. The maximum atomic E-state index is 11.0. The number of thiophene rings is 1. The summed E-state index contributed by atoms with van der Waals surface area (Å²) in [6.45, 7) is 2.71. The van der Waals surface area contributed by atoms with Gasteiger partial charge in [0, 0.05) is 4.88 Å². The van der Waals surface area contributed by atoms with Crippen molar-refractivity contribution in [3.63, 3.8) is 0 Å². The van der Waals surface area contributed by atoms with Crippen molar-refractivity contribution in [3.8, 4) is 11.5 Å². The smallest absolute Gasteiger partial charge is 0.335 e. The second kappa shape index (κ2) is 6.76. The van der Waals surface area contributed by atoms with Gasteiger partial charge in [-0.1, -0.05) is 0 Å². The molecule has 0 atom stereocenters. The molecule has 1 N–H and O–H groups in total. The molecule has 2 rings (SSSR count). The molecule has 2 aromatic rings. The van der Waals surface area contributed by atoms with Gasteiger partial charge < -0.3 is 14.6 Å². The number of carboxylic acids is 1. The van der Waals surface area contributed by atoms with Gasteiger partial charge in [-0.3, -0.25) is 0 Å². The molecule has 0 radical (unpaired) electrons. The zero-order chi connectivity index (χ0) is 14.5. The van der Waals surface area contributed by atoms with Gasteiger partial charge in [0.25, 0.3) is 0 Å². The first-order valence-electron chi connectivity index (χ1n) is 5.97. The maximum Gasteiger partial charge on any atom is 0.335 e. The summed E-state index contributed by atoms with van der Waals surface area (Å²) < 4.78 is 12.2. The molecule has 0 saturated heterocycles. The third kappa shape index (κ3) is 3.74. The van der Waals surface area contributed by atoms with Crippen LogP contribution in [0.5, 0.6) is 11.5 Å². The molecular formula is C14H13BrO4S. The van der Waals surface area contributed by atoms with Crippen LogP contribution >= 0.6 is 27.3 Å². The third-order valence-electron chi connectivity index (χ3n) is 2.49. The average Bonchev–Trinajstić information content (AvgIpc) is 2.83. The Labute approximate surface area is 129 Å². The molecule has 0 spiro atoms. The number of halogens is 1. The van der Waals surface area contributed by atoms with E-state index in [1.54, 1.807) is 17.4 Å². The summed E-state index contributed by atoms with van der Waals surface area (Å²) >= 11 is 4.99. The molecule has 1 heterocycles. The molecule has 0 aliphatic rings. The number of carboxylic acid groups (broad SMARTS) is 1. The van der Waals surface area contributed by atoms with E-state index >= 15 is 0 Å². The van der Waals surface area contributed by atoms with Crippen molar-refractivity contribution in [1.29, 1.82) is 0 Å². The highest BCUT2D eigenvalue weighted by Crippen LogP contribution is 2.30. The number of carbonyl (C=O) groups is 1. The van der Waals surface area contributed by atoms with Gasteiger partial charge in [-0.05, 0) is 53.2 Å². The Morgan fingerprint density at radius 3 is 2.65 bits per heavy atom. The highest BCUT2D eigenvalue weighted by Gasteiger charge is 2.11. The van der Waals surface area contributed by atoms with Crippen LogP contribution in [0, 0.1) is 0 Å². The van der Waals surface area contributed by atoms with E-state index < -0.39 is 5.97 Å². The Hall–Kier alpha value is -1.53. The van der Waals surface area contributed by atoms with Gasteiger partial charge >= 0.3 is 5.97 Å². The molecule has 4 nitrogen and oxygen atoms in total. The standard InChI is InChI=1S/C14H13BrO4S/c1-2-18-12-7-9(14(16)17)3-5-11(12)19-8-10-4-6-13(15)20-10/h3-7H,2,8H2,1H3,(H,16,17). The SMILES string of the molecule is CCOc1cc(C(=O)O)ccc1OCc1ccc(Br)s1. The average molecular weight is 357 g/mol. The molecule has 0 bridgehead atoms. The second-order valence-electron chi connectivity index (χ2n) is 3.89. The van der Waals surface area contributed by atoms with E-state index in [9.17, 15) is 4.79 Å². The molecule has 0 unspecified atom stereocenters. The Bertz CT molecular complexity index is 609. The van der Waals surface area contributed by atoms with E-state index in [0.717, 1.165) is 8.66 Å². The molecule has 0 aliphatic carbocycles. The lowest BCUT2D eigenvalue weighted by Gasteiger charge is -2.11. The van der Waals surface area contributed by atoms with Crippen LogP contribution in [0.2, 0.25) is 0 Å². The molecule has 1 aromatic carbocycles. The molecule has 6 heteroatoms. The lowest BCUT2D eigenvalue weighted by molar-refractivity contribution is 0.0696. The van der Waals surface area contributed by atoms with Crippen LogP contribution in [0.15, 0.2) is 34.1 Å². The van der Waals surface area contributed by atoms with Crippen molar-refractivity contribution in [2.24, 2.45) is 0 Å². The van der Waals surface area contributed by atoms with E-state index in [2.05, 4.69) is 15.9 Å². The maximum absolute atomic E-state index is 11.0. The first-order valence-corrected chi connectivity index (χ1v) is 7.58. The topological polar surface area (TPSA) is 55.8 Å². The first-order chi connectivity index (χ1) is 9.60. The Morgan fingerprint density at radius 1 is 1.25 bits per heavy atom. The summed E-state index contributed by atoms with van der Waals surface area (Å²) in [6.07, 6.45) is 0. The van der Waals surface area contributed by atoms with Gasteiger partial charge in [0.15, 0.2) is 11.5 Å². The minimum absolute atomic E-state index is 0.180. The monoisotopic (exact) mass is 356 g/mol. The number of hydrogen-bond donors (Lipinski definition) is 1. The Morgan fingerprint density at radius 2 is 2.05 bits per heavy atom. The molecule has 0 saturated carbocycles. The van der Waals surface area contributed by atoms with Crippen molar-refractivity contribution >= 4 is 33.2 Å². The van der Waals surface area contributed by atoms with Crippen molar-refractivity contribution in [3.05, 3.63) is 44.6 Å². The molecule has 20 heavy (non-hydrogen) atoms. The number of rotatable bonds is 6. The normalized spacial score (nSPS) is 10.3. The Balaban J connectivity index is 2.15. The fourth-order valence-electron chi connectivity index (χ4n) is 1.61. The Kier molecular flexibility index (Phi) is 5.03. The van der Waals surface area contributed by atoms with E-state index in [4.69, 9.17) is 14.6 Å². The fourth-order valence-corrected chi connectivity index (χ4v) is 3.00. The van der Waals surface area contributed by atoms with Gasteiger partial charge in [-0.15, -0.1) is 11.3 Å². The minimum Gasteiger partial charge on any atom is -0.490 e. The summed E-state index contributed by atoms with van der Waals surface area (Å²) in [4.78, 5) is 12.0. The van der Waals surface area contributed by atoms with E-state index in [1.165, 1.54) is 12.1 Å². The molecule has 106 valence electrons. The lowest BCUT2D eigenvalue weighted by Crippen LogP contribution is -2.02. The number of aromatic carboxylic acids is 1. The van der Waals surface area contributed by atoms with Crippen molar-refractivity contribution < 1.29 is 19.4 Å². The highest BCUT2D eigenvalue weighted by atomic mass is 79.9. The van der Waals surface area contributed by atoms with Crippen molar-refractivity contribution in [2.45, 2.75) is 13.5 Å². The molecule has 0 amide bonds. The van der Waals surface area contributed by atoms with Crippen LogP contribution in [-0.2, 0) is 6.61 Å². The minimum atomic E-state index is -0.986. The lowest BCUT2D eigenvalue weighted by atomic mass is 10.2. The molecule has 0 fully saturated rings. The van der Waals surface area contributed by atoms with Crippen LogP contribution < -0.4 is 9.47 Å². The summed E-state index contributed by atoms with van der Waals surface area (Å²) in [5.74, 6) is 0.00378. The molecule has 1 aromatic heterocycles. The summed E-state index contributed by atoms with van der Waals surface area (Å²) in [7, 11) is 0. The summed E-state index contributed by atoms with van der Waals surface area (Å²) in [5, 5.41) is 8.98. The van der Waals surface area contributed by atoms with Crippen molar-refractivity contribution in [2.75, 3.05) is 6.61 Å². The fraction of sp³-hybridized carbons (Fsp3) is 0.214. The van der Waals surface area contributed by atoms with Crippen LogP contribution in [0.3, 0.4) is 0 Å². The van der Waals surface area contributed by atoms with E-state index in [0.29, 0.717) is 24.7 Å². The summed E-state index contributed by atoms with van der Waals surface area (Å²) in [5.41, 5.74) is 0.180. The van der Waals surface area contributed by atoms with E-state index in [-0.39, 0.29) is 5.56 Å². The van der Waals surface area contributed by atoms with Gasteiger partial charge in [0.2, 0.25) is 0 Å². The van der Waals surface area contributed by atoms with Crippen LogP contribution in [0.25, 0.3) is 0 Å². The van der Waals surface area contributed by atoms with Gasteiger partial charge in [-0.25, -0.2) is 4.79 Å². The van der Waals surface area contributed by atoms with E-state index in [1.807, 2.05) is 19.1 Å². The van der Waals surface area contributed by atoms with Gasteiger partial charge in [-0.2, -0.15) is 0 Å². The predicted octanol–water partition coefficient (Wildman–Crippen LogP) is 4.19. The number of hydrogen-bond acceptors (Lipinski definition) is 4. The largest absolute Gasteiger partial charge is 0.490 e. The first kappa shape index (κ1) is 14.9. The van der Waals surface area contributed by atoms with Crippen LogP contribution in [-0.4, -0.2) is 17.7 Å². The van der Waals surface area contributed by atoms with Crippen LogP contribution in [0.1, 0.15) is 22.2 Å². The molecular weight excluding hydrogens is 344 g/mol. The van der Waals surface area contributed by atoms with Crippen molar-refractivity contribution in [1.82, 2.24) is 0 Å². The predicted molar refractivity (Wildman–Crippen MR) is 80.9 cm³/mol. The van der Waals surface area contributed by atoms with Crippen LogP contribution in [0.4, 0.5) is 0 Å². The zero-order valence-electron chi connectivity index (χ0n) is 10.8. The number of benzene rings is 1. The van der Waals surface area contributed by atoms with Gasteiger partial charge in [0.05, 0.1) is 16.0 Å². The molecule has 0 aliphatic heterocycles. The summed E-state index contributed by atoms with van der Waals surface area (Å²) in [6, 6.07) is 8.54. The zero-order valence-corrected chi connectivity index (χ0v) is 13.2.